The highest BCUT2D eigenvalue weighted by atomic mass is 16.5. The van der Waals surface area contributed by atoms with Crippen molar-refractivity contribution in [3.8, 4) is 0 Å². The zero-order valence-electron chi connectivity index (χ0n) is 11.9. The van der Waals surface area contributed by atoms with Crippen LogP contribution in [0.4, 0.5) is 0 Å². The number of methoxy groups -OCH3 is 1. The largest absolute Gasteiger partial charge is 0.469 e. The fraction of sp³-hybridized carbons (Fsp3) is 0.353. The molecule has 0 spiro atoms. The lowest BCUT2D eigenvalue weighted by Crippen LogP contribution is -2.18. The Kier molecular flexibility index (Phi) is 3.35. The summed E-state index contributed by atoms with van der Waals surface area (Å²) in [5.41, 5.74) is 3.90. The number of para-hydroxylation sites is 1. The van der Waals surface area contributed by atoms with Gasteiger partial charge in [0.25, 0.3) is 0 Å². The first-order chi connectivity index (χ1) is 9.70. The molecule has 0 N–H and O–H groups in total. The summed E-state index contributed by atoms with van der Waals surface area (Å²) in [7, 11) is 3.54. The van der Waals surface area contributed by atoms with Crippen LogP contribution in [0.5, 0.6) is 0 Å². The van der Waals surface area contributed by atoms with E-state index in [0.29, 0.717) is 0 Å². The van der Waals surface area contributed by atoms with Gasteiger partial charge in [-0.3, -0.25) is 4.79 Å². The molecule has 1 atom stereocenters. The second-order valence-electron chi connectivity index (χ2n) is 5.39. The molecule has 1 aliphatic rings. The number of benzene rings is 1. The van der Waals surface area contributed by atoms with E-state index in [9.17, 15) is 4.79 Å². The van der Waals surface area contributed by atoms with Crippen LogP contribution in [0.25, 0.3) is 16.5 Å². The second-order valence-corrected chi connectivity index (χ2v) is 5.39. The number of esters is 1. The zero-order valence-corrected chi connectivity index (χ0v) is 11.9. The first-order valence-electron chi connectivity index (χ1n) is 7.02. The summed E-state index contributed by atoms with van der Waals surface area (Å²) in [6.07, 6.45) is 6.99. The topological polar surface area (TPSA) is 31.2 Å². The lowest BCUT2D eigenvalue weighted by molar-refractivity contribution is -0.145. The van der Waals surface area contributed by atoms with Gasteiger partial charge in [0.1, 0.15) is 0 Å². The minimum absolute atomic E-state index is 0.0266. The number of fused-ring (bicyclic) bond motifs is 1. The van der Waals surface area contributed by atoms with Crippen LogP contribution in [0.1, 0.15) is 24.8 Å². The maximum atomic E-state index is 11.6. The standard InChI is InChI=1S/C17H19NO2/c1-18-11-15(14-5-3-4-6-16(14)18)12-7-9-13(10-8-12)17(19)20-2/h3-7,11,13H,8-10H2,1-2H3. The molecule has 2 aromatic rings. The molecule has 0 saturated carbocycles. The Labute approximate surface area is 118 Å². The molecule has 0 bridgehead atoms. The van der Waals surface area contributed by atoms with E-state index in [1.54, 1.807) is 0 Å². The number of rotatable bonds is 2. The van der Waals surface area contributed by atoms with Crippen molar-refractivity contribution < 1.29 is 9.53 Å². The smallest absolute Gasteiger partial charge is 0.308 e. The second kappa shape index (κ2) is 5.16. The summed E-state index contributed by atoms with van der Waals surface area (Å²) < 4.78 is 7.00. The number of aryl methyl sites for hydroxylation is 1. The highest BCUT2D eigenvalue weighted by Gasteiger charge is 2.23. The third-order valence-electron chi connectivity index (χ3n) is 4.19. The number of aromatic nitrogens is 1. The average Bonchev–Trinajstić information content (AvgIpc) is 2.84. The molecule has 0 saturated heterocycles. The van der Waals surface area contributed by atoms with Gasteiger partial charge >= 0.3 is 5.97 Å². The zero-order chi connectivity index (χ0) is 14.1. The SMILES string of the molecule is COC(=O)C1CC=C(c2cn(C)c3ccccc23)CC1. The van der Waals surface area contributed by atoms with E-state index in [0.717, 1.165) is 19.3 Å². The summed E-state index contributed by atoms with van der Waals surface area (Å²) in [6.45, 7) is 0. The molecule has 104 valence electrons. The van der Waals surface area contributed by atoms with Crippen molar-refractivity contribution in [1.82, 2.24) is 4.57 Å². The van der Waals surface area contributed by atoms with E-state index in [1.165, 1.54) is 29.1 Å². The Morgan fingerprint density at radius 3 is 2.85 bits per heavy atom. The first kappa shape index (κ1) is 13.0. The molecule has 0 radical (unpaired) electrons. The molecule has 1 aromatic heterocycles. The number of hydrogen-bond donors (Lipinski definition) is 0. The predicted molar refractivity (Wildman–Crippen MR) is 80.3 cm³/mol. The normalized spacial score (nSPS) is 18.9. The van der Waals surface area contributed by atoms with E-state index in [-0.39, 0.29) is 11.9 Å². The van der Waals surface area contributed by atoms with Crippen molar-refractivity contribution in [3.63, 3.8) is 0 Å². The van der Waals surface area contributed by atoms with Gasteiger partial charge in [-0.1, -0.05) is 24.3 Å². The van der Waals surface area contributed by atoms with Crippen molar-refractivity contribution in [3.05, 3.63) is 42.1 Å². The van der Waals surface area contributed by atoms with Crippen molar-refractivity contribution >= 4 is 22.4 Å². The molecular weight excluding hydrogens is 250 g/mol. The maximum absolute atomic E-state index is 11.6. The van der Waals surface area contributed by atoms with Crippen molar-refractivity contribution in [2.24, 2.45) is 13.0 Å². The fourth-order valence-corrected chi connectivity index (χ4v) is 3.06. The predicted octanol–water partition coefficient (Wildman–Crippen LogP) is 3.53. The Balaban J connectivity index is 1.93. The molecular formula is C17H19NO2. The minimum Gasteiger partial charge on any atom is -0.469 e. The van der Waals surface area contributed by atoms with Gasteiger partial charge in [-0.15, -0.1) is 0 Å². The molecule has 0 amide bonds. The Morgan fingerprint density at radius 1 is 1.35 bits per heavy atom. The Bertz CT molecular complexity index is 681. The van der Waals surface area contributed by atoms with Gasteiger partial charge in [0, 0.05) is 29.7 Å². The molecule has 1 aromatic carbocycles. The number of hydrogen-bond acceptors (Lipinski definition) is 2. The van der Waals surface area contributed by atoms with Crippen LogP contribution < -0.4 is 0 Å². The molecule has 1 aliphatic carbocycles. The van der Waals surface area contributed by atoms with Gasteiger partial charge in [0.2, 0.25) is 0 Å². The summed E-state index contributed by atoms with van der Waals surface area (Å²) in [5, 5.41) is 1.29. The van der Waals surface area contributed by atoms with Gasteiger partial charge in [-0.2, -0.15) is 0 Å². The van der Waals surface area contributed by atoms with Gasteiger partial charge in [0.05, 0.1) is 13.0 Å². The number of allylic oxidation sites excluding steroid dienone is 2. The van der Waals surface area contributed by atoms with Gasteiger partial charge in [0.15, 0.2) is 0 Å². The van der Waals surface area contributed by atoms with Crippen LogP contribution in [-0.2, 0) is 16.6 Å². The highest BCUT2D eigenvalue weighted by Crippen LogP contribution is 2.35. The van der Waals surface area contributed by atoms with Gasteiger partial charge in [-0.05, 0) is 30.9 Å². The summed E-state index contributed by atoms with van der Waals surface area (Å²) >= 11 is 0. The average molecular weight is 269 g/mol. The maximum Gasteiger partial charge on any atom is 0.308 e. The molecule has 0 fully saturated rings. The van der Waals surface area contributed by atoms with Gasteiger partial charge in [-0.25, -0.2) is 0 Å². The van der Waals surface area contributed by atoms with E-state index < -0.39 is 0 Å². The van der Waals surface area contributed by atoms with Crippen LogP contribution >= 0.6 is 0 Å². The molecule has 0 aliphatic heterocycles. The number of nitrogens with zero attached hydrogens (tertiary/aromatic N) is 1. The molecule has 1 unspecified atom stereocenters. The number of ether oxygens (including phenoxy) is 1. The third kappa shape index (κ3) is 2.13. The minimum atomic E-state index is -0.0850. The van der Waals surface area contributed by atoms with Crippen LogP contribution in [0.3, 0.4) is 0 Å². The first-order valence-corrected chi connectivity index (χ1v) is 7.02. The van der Waals surface area contributed by atoms with Crippen LogP contribution in [0.15, 0.2) is 36.5 Å². The molecule has 3 nitrogen and oxygen atoms in total. The molecule has 1 heterocycles. The monoisotopic (exact) mass is 269 g/mol. The van der Waals surface area contributed by atoms with Crippen LogP contribution in [0, 0.1) is 5.92 Å². The highest BCUT2D eigenvalue weighted by molar-refractivity contribution is 5.93. The van der Waals surface area contributed by atoms with Crippen molar-refractivity contribution in [2.75, 3.05) is 7.11 Å². The van der Waals surface area contributed by atoms with Gasteiger partial charge < -0.3 is 9.30 Å². The summed E-state index contributed by atoms with van der Waals surface area (Å²) in [4.78, 5) is 11.6. The quantitative estimate of drug-likeness (QED) is 0.781. The molecule has 3 heteroatoms. The van der Waals surface area contributed by atoms with Crippen molar-refractivity contribution in [1.29, 1.82) is 0 Å². The van der Waals surface area contributed by atoms with E-state index >= 15 is 0 Å². The van der Waals surface area contributed by atoms with Crippen LogP contribution in [0.2, 0.25) is 0 Å². The van der Waals surface area contributed by atoms with Crippen LogP contribution in [-0.4, -0.2) is 17.6 Å². The molecule has 20 heavy (non-hydrogen) atoms. The van der Waals surface area contributed by atoms with Crippen molar-refractivity contribution in [2.45, 2.75) is 19.3 Å². The number of carbonyl (C=O) groups is 1. The summed E-state index contributed by atoms with van der Waals surface area (Å²) in [5.74, 6) is -0.0584. The van der Waals surface area contributed by atoms with E-state index in [1.807, 2.05) is 0 Å². The third-order valence-corrected chi connectivity index (χ3v) is 4.19. The Hall–Kier alpha value is -2.03. The summed E-state index contributed by atoms with van der Waals surface area (Å²) in [6, 6.07) is 8.44. The lowest BCUT2D eigenvalue weighted by atomic mass is 9.86. The fourth-order valence-electron chi connectivity index (χ4n) is 3.06. The van der Waals surface area contributed by atoms with E-state index in [2.05, 4.69) is 48.2 Å². The number of carbonyl (C=O) groups excluding carboxylic acids is 1. The molecule has 3 rings (SSSR count). The van der Waals surface area contributed by atoms with E-state index in [4.69, 9.17) is 4.74 Å². The Morgan fingerprint density at radius 2 is 2.15 bits per heavy atom. The lowest BCUT2D eigenvalue weighted by Gasteiger charge is -2.19.